The summed E-state index contributed by atoms with van der Waals surface area (Å²) in [6.45, 7) is 0.524. The van der Waals surface area contributed by atoms with Crippen molar-refractivity contribution in [2.45, 2.75) is 44.2 Å². The van der Waals surface area contributed by atoms with Gasteiger partial charge in [0.25, 0.3) is 0 Å². The zero-order valence-corrected chi connectivity index (χ0v) is 11.2. The van der Waals surface area contributed by atoms with E-state index < -0.39 is 12.0 Å². The molecule has 5 N–H and O–H groups in total. The number of carboxylic acid groups (broad SMARTS) is 1. The average molecular weight is 273 g/mol. The Hall–Kier alpha value is -1.47. The molecule has 0 bridgehead atoms. The van der Waals surface area contributed by atoms with Gasteiger partial charge in [0.1, 0.15) is 12.3 Å². The van der Waals surface area contributed by atoms with E-state index >= 15 is 0 Å². The third kappa shape index (κ3) is 9.15. The Morgan fingerprint density at radius 2 is 2.00 bits per heavy atom. The summed E-state index contributed by atoms with van der Waals surface area (Å²) in [4.78, 5) is 32.3. The molecule has 0 aliphatic heterocycles. The van der Waals surface area contributed by atoms with Gasteiger partial charge in [0.05, 0.1) is 6.04 Å². The molecule has 0 fully saturated rings. The molecule has 7 heteroatoms. The highest BCUT2D eigenvalue weighted by Crippen LogP contribution is 1.99. The Kier molecular flexibility index (Phi) is 9.64. The minimum Gasteiger partial charge on any atom is -0.480 e. The van der Waals surface area contributed by atoms with Crippen LogP contribution in [-0.2, 0) is 14.4 Å². The van der Waals surface area contributed by atoms with Crippen molar-refractivity contribution in [3.63, 3.8) is 0 Å². The molecule has 7 nitrogen and oxygen atoms in total. The van der Waals surface area contributed by atoms with Crippen LogP contribution in [0.15, 0.2) is 0 Å². The van der Waals surface area contributed by atoms with E-state index in [1.54, 1.807) is 7.05 Å². The first-order chi connectivity index (χ1) is 9.01. The third-order valence-corrected chi connectivity index (χ3v) is 2.80. The third-order valence-electron chi connectivity index (χ3n) is 2.80. The lowest BCUT2D eigenvalue weighted by Gasteiger charge is -2.09. The van der Waals surface area contributed by atoms with Crippen LogP contribution in [0.3, 0.4) is 0 Å². The van der Waals surface area contributed by atoms with Gasteiger partial charge in [-0.15, -0.1) is 0 Å². The van der Waals surface area contributed by atoms with Crippen LogP contribution in [-0.4, -0.2) is 48.9 Å². The number of carbonyl (C=O) groups excluding carboxylic acids is 2. The number of nitrogens with two attached hydrogens (primary N) is 1. The second-order valence-corrected chi connectivity index (χ2v) is 4.36. The lowest BCUT2D eigenvalue weighted by atomic mass is 10.1. The molecule has 0 aromatic rings. The molecule has 0 aromatic heterocycles. The first-order valence-corrected chi connectivity index (χ1v) is 6.39. The number of hydrogen-bond donors (Lipinski definition) is 4. The number of unbranched alkanes of at least 4 members (excludes halogenated alkanes) is 1. The molecule has 2 atom stereocenters. The average Bonchev–Trinajstić information content (AvgIpc) is 2.39. The minimum atomic E-state index is -1.10. The minimum absolute atomic E-state index is 0.112. The number of nitrogens with one attached hydrogen (secondary N) is 2. The van der Waals surface area contributed by atoms with E-state index in [1.807, 2.05) is 0 Å². The predicted molar refractivity (Wildman–Crippen MR) is 70.6 cm³/mol. The number of aldehydes is 1. The lowest BCUT2D eigenvalue weighted by molar-refractivity contribution is -0.138. The highest BCUT2D eigenvalue weighted by molar-refractivity contribution is 5.78. The van der Waals surface area contributed by atoms with Gasteiger partial charge in [-0.1, -0.05) is 0 Å². The quantitative estimate of drug-likeness (QED) is 0.290. The van der Waals surface area contributed by atoms with Crippen molar-refractivity contribution < 1.29 is 19.5 Å². The maximum absolute atomic E-state index is 11.4. The number of amides is 1. The molecule has 0 aliphatic rings. The largest absolute Gasteiger partial charge is 0.480 e. The monoisotopic (exact) mass is 273 g/mol. The first kappa shape index (κ1) is 17.5. The maximum Gasteiger partial charge on any atom is 0.320 e. The lowest BCUT2D eigenvalue weighted by Crippen LogP contribution is -2.33. The van der Waals surface area contributed by atoms with Crippen molar-refractivity contribution in [2.24, 2.45) is 5.73 Å². The van der Waals surface area contributed by atoms with E-state index in [0.717, 1.165) is 25.5 Å². The summed E-state index contributed by atoms with van der Waals surface area (Å²) in [7, 11) is 1.73. The van der Waals surface area contributed by atoms with Crippen LogP contribution in [0.5, 0.6) is 0 Å². The van der Waals surface area contributed by atoms with E-state index in [-0.39, 0.29) is 24.8 Å². The molecule has 0 aromatic carbocycles. The molecule has 0 rings (SSSR count). The second-order valence-electron chi connectivity index (χ2n) is 4.36. The second kappa shape index (κ2) is 10.5. The van der Waals surface area contributed by atoms with Gasteiger partial charge in [0.15, 0.2) is 0 Å². The number of aliphatic carboxylic acids is 1. The number of likely N-dealkylation sites (N-methyl/N-ethyl adjacent to an activating group) is 1. The zero-order chi connectivity index (χ0) is 14.7. The van der Waals surface area contributed by atoms with Crippen molar-refractivity contribution in [1.82, 2.24) is 10.6 Å². The van der Waals surface area contributed by atoms with Crippen LogP contribution in [0.25, 0.3) is 0 Å². The summed E-state index contributed by atoms with van der Waals surface area (Å²) in [5.41, 5.74) is 5.29. The standard InChI is InChI=1S/C12H23N3O4/c1-14-9(8-16)4-2-3-7-15-11(17)6-5-10(13)12(18)19/h8-10,14H,2-7,13H2,1H3,(H,15,17)(H,18,19)/t9-,10-/m0/s1. The van der Waals surface area contributed by atoms with Gasteiger partial charge >= 0.3 is 5.97 Å². The van der Waals surface area contributed by atoms with Crippen LogP contribution in [0, 0.1) is 0 Å². The fraction of sp³-hybridized carbons (Fsp3) is 0.750. The molecule has 19 heavy (non-hydrogen) atoms. The van der Waals surface area contributed by atoms with Crippen molar-refractivity contribution >= 4 is 18.2 Å². The van der Waals surface area contributed by atoms with Crippen LogP contribution in [0.2, 0.25) is 0 Å². The number of carbonyl (C=O) groups is 3. The molecular formula is C12H23N3O4. The summed E-state index contributed by atoms with van der Waals surface area (Å²) in [5.74, 6) is -1.29. The van der Waals surface area contributed by atoms with E-state index in [4.69, 9.17) is 10.8 Å². The molecule has 110 valence electrons. The SMILES string of the molecule is CN[C@H](C=O)CCCCNC(=O)CC[C@H](N)C(=O)O. The molecule has 0 spiro atoms. The van der Waals surface area contributed by atoms with Crippen LogP contribution in [0.4, 0.5) is 0 Å². The molecule has 1 amide bonds. The molecule has 0 radical (unpaired) electrons. The van der Waals surface area contributed by atoms with Gasteiger partial charge in [-0.05, 0) is 32.7 Å². The van der Waals surface area contributed by atoms with E-state index in [2.05, 4.69) is 10.6 Å². The Morgan fingerprint density at radius 1 is 1.32 bits per heavy atom. The first-order valence-electron chi connectivity index (χ1n) is 6.39. The topological polar surface area (TPSA) is 122 Å². The molecular weight excluding hydrogens is 250 g/mol. The Morgan fingerprint density at radius 3 is 2.53 bits per heavy atom. The van der Waals surface area contributed by atoms with Crippen LogP contribution >= 0.6 is 0 Å². The van der Waals surface area contributed by atoms with Gasteiger partial charge in [-0.2, -0.15) is 0 Å². The van der Waals surface area contributed by atoms with Gasteiger partial charge < -0.3 is 26.3 Å². The molecule has 0 saturated heterocycles. The van der Waals surface area contributed by atoms with Crippen molar-refractivity contribution in [3.8, 4) is 0 Å². The highest BCUT2D eigenvalue weighted by Gasteiger charge is 2.13. The van der Waals surface area contributed by atoms with Gasteiger partial charge in [-0.3, -0.25) is 9.59 Å². The molecule has 0 saturated carbocycles. The predicted octanol–water partition coefficient (Wildman–Crippen LogP) is -0.748. The normalized spacial score (nSPS) is 13.6. The number of rotatable bonds is 11. The van der Waals surface area contributed by atoms with Gasteiger partial charge in [-0.25, -0.2) is 0 Å². The van der Waals surface area contributed by atoms with Crippen molar-refractivity contribution in [3.05, 3.63) is 0 Å². The van der Waals surface area contributed by atoms with Crippen molar-refractivity contribution in [1.29, 1.82) is 0 Å². The summed E-state index contributed by atoms with van der Waals surface area (Å²) in [5, 5.41) is 14.1. The highest BCUT2D eigenvalue weighted by atomic mass is 16.4. The molecule has 0 unspecified atom stereocenters. The summed E-state index contributed by atoms with van der Waals surface area (Å²) >= 11 is 0. The van der Waals surface area contributed by atoms with Gasteiger partial charge in [0, 0.05) is 13.0 Å². The van der Waals surface area contributed by atoms with Crippen LogP contribution in [0.1, 0.15) is 32.1 Å². The molecule has 0 aliphatic carbocycles. The Balaban J connectivity index is 3.53. The fourth-order valence-electron chi connectivity index (χ4n) is 1.50. The van der Waals surface area contributed by atoms with Crippen molar-refractivity contribution in [2.75, 3.05) is 13.6 Å². The Labute approximate surface area is 112 Å². The zero-order valence-electron chi connectivity index (χ0n) is 11.2. The van der Waals surface area contributed by atoms with E-state index in [0.29, 0.717) is 6.54 Å². The summed E-state index contributed by atoms with van der Waals surface area (Å²) in [6, 6.07) is -1.13. The number of hydrogen-bond acceptors (Lipinski definition) is 5. The maximum atomic E-state index is 11.4. The van der Waals surface area contributed by atoms with E-state index in [9.17, 15) is 14.4 Å². The van der Waals surface area contributed by atoms with E-state index in [1.165, 1.54) is 0 Å². The summed E-state index contributed by atoms with van der Waals surface area (Å²) in [6.07, 6.45) is 3.46. The fourth-order valence-corrected chi connectivity index (χ4v) is 1.50. The summed E-state index contributed by atoms with van der Waals surface area (Å²) < 4.78 is 0. The number of carboxylic acids is 1. The smallest absolute Gasteiger partial charge is 0.320 e. The van der Waals surface area contributed by atoms with Crippen LogP contribution < -0.4 is 16.4 Å². The van der Waals surface area contributed by atoms with Gasteiger partial charge in [0.2, 0.25) is 5.91 Å². The molecule has 0 heterocycles. The Bertz CT molecular complexity index is 297.